The van der Waals surface area contributed by atoms with Gasteiger partial charge in [0.05, 0.1) is 10.0 Å². The largest absolute Gasteiger partial charge is 0.340 e. The molecule has 19 heavy (non-hydrogen) atoms. The smallest absolute Gasteiger partial charge is 0.251 e. The number of halogens is 2. The third-order valence-electron chi connectivity index (χ3n) is 2.73. The Morgan fingerprint density at radius 1 is 1.26 bits per heavy atom. The number of piperidine rings is 1. The number of imide groups is 1. The summed E-state index contributed by atoms with van der Waals surface area (Å²) < 4.78 is 0. The molecule has 2 rings (SSSR count). The van der Waals surface area contributed by atoms with E-state index >= 15 is 0 Å². The van der Waals surface area contributed by atoms with Crippen LogP contribution in [-0.4, -0.2) is 23.8 Å². The predicted molar refractivity (Wildman–Crippen MR) is 70.1 cm³/mol. The van der Waals surface area contributed by atoms with Crippen LogP contribution in [0.4, 0.5) is 0 Å². The van der Waals surface area contributed by atoms with Crippen LogP contribution >= 0.6 is 23.2 Å². The van der Waals surface area contributed by atoms with Crippen molar-refractivity contribution in [3.63, 3.8) is 0 Å². The molecule has 1 unspecified atom stereocenters. The van der Waals surface area contributed by atoms with Gasteiger partial charge in [-0.25, -0.2) is 0 Å². The maximum Gasteiger partial charge on any atom is 0.251 e. The highest BCUT2D eigenvalue weighted by molar-refractivity contribution is 6.42. The third kappa shape index (κ3) is 3.24. The van der Waals surface area contributed by atoms with Gasteiger partial charge in [-0.3, -0.25) is 19.7 Å². The fourth-order valence-corrected chi connectivity index (χ4v) is 2.01. The number of carbonyl (C=O) groups is 3. The van der Waals surface area contributed by atoms with Gasteiger partial charge in [0.2, 0.25) is 11.8 Å². The highest BCUT2D eigenvalue weighted by atomic mass is 35.5. The summed E-state index contributed by atoms with van der Waals surface area (Å²) >= 11 is 11.6. The molecule has 0 saturated carbocycles. The Kier molecular flexibility index (Phi) is 4.07. The maximum atomic E-state index is 11.9. The zero-order valence-corrected chi connectivity index (χ0v) is 11.2. The molecular weight excluding hydrogens is 291 g/mol. The van der Waals surface area contributed by atoms with Crippen LogP contribution < -0.4 is 10.6 Å². The molecule has 1 aromatic rings. The number of rotatable bonds is 2. The van der Waals surface area contributed by atoms with Gasteiger partial charge in [0, 0.05) is 12.0 Å². The average molecular weight is 301 g/mol. The highest BCUT2D eigenvalue weighted by Crippen LogP contribution is 2.22. The lowest BCUT2D eigenvalue weighted by atomic mass is 10.1. The molecule has 1 fully saturated rings. The lowest BCUT2D eigenvalue weighted by Gasteiger charge is -2.21. The van der Waals surface area contributed by atoms with Crippen molar-refractivity contribution in [1.82, 2.24) is 10.6 Å². The summed E-state index contributed by atoms with van der Waals surface area (Å²) in [6.07, 6.45) is 0.496. The molecule has 1 aliphatic heterocycles. The zero-order chi connectivity index (χ0) is 14.0. The Morgan fingerprint density at radius 2 is 2.00 bits per heavy atom. The molecule has 3 amide bonds. The quantitative estimate of drug-likeness (QED) is 0.813. The van der Waals surface area contributed by atoms with Crippen molar-refractivity contribution in [3.05, 3.63) is 33.8 Å². The standard InChI is InChI=1S/C12H10Cl2N2O3/c13-7-2-1-6(5-8(7)14)11(18)15-9-3-4-10(17)16-12(9)19/h1-2,5,9H,3-4H2,(H,15,18)(H,16,17,19). The van der Waals surface area contributed by atoms with Crippen LogP contribution in [0.2, 0.25) is 10.0 Å². The summed E-state index contributed by atoms with van der Waals surface area (Å²) in [5.74, 6) is -1.26. The monoisotopic (exact) mass is 300 g/mol. The van der Waals surface area contributed by atoms with Gasteiger partial charge in [-0.05, 0) is 24.6 Å². The van der Waals surface area contributed by atoms with Gasteiger partial charge < -0.3 is 5.32 Å². The lowest BCUT2D eigenvalue weighted by molar-refractivity contribution is -0.134. The van der Waals surface area contributed by atoms with Crippen LogP contribution in [0, 0.1) is 0 Å². The van der Waals surface area contributed by atoms with E-state index in [0.29, 0.717) is 10.6 Å². The summed E-state index contributed by atoms with van der Waals surface area (Å²) in [5, 5.41) is 5.32. The fourth-order valence-electron chi connectivity index (χ4n) is 1.71. The zero-order valence-electron chi connectivity index (χ0n) is 9.70. The Morgan fingerprint density at radius 3 is 2.63 bits per heavy atom. The summed E-state index contributed by atoms with van der Waals surface area (Å²) in [4.78, 5) is 34.4. The van der Waals surface area contributed by atoms with Crippen molar-refractivity contribution < 1.29 is 14.4 Å². The molecule has 0 bridgehead atoms. The molecule has 0 aromatic heterocycles. The van der Waals surface area contributed by atoms with Crippen LogP contribution in [0.15, 0.2) is 18.2 Å². The first-order valence-corrected chi connectivity index (χ1v) is 6.32. The highest BCUT2D eigenvalue weighted by Gasteiger charge is 2.28. The van der Waals surface area contributed by atoms with E-state index in [2.05, 4.69) is 10.6 Å². The van der Waals surface area contributed by atoms with E-state index in [1.54, 1.807) is 0 Å². The van der Waals surface area contributed by atoms with E-state index < -0.39 is 17.9 Å². The first-order chi connectivity index (χ1) is 8.97. The van der Waals surface area contributed by atoms with Crippen molar-refractivity contribution in [3.8, 4) is 0 Å². The summed E-state index contributed by atoms with van der Waals surface area (Å²) in [6.45, 7) is 0. The predicted octanol–water partition coefficient (Wildman–Crippen LogP) is 1.53. The molecule has 0 spiro atoms. The number of hydrogen-bond acceptors (Lipinski definition) is 3. The molecule has 1 heterocycles. The van der Waals surface area contributed by atoms with Crippen molar-refractivity contribution >= 4 is 40.9 Å². The molecular formula is C12H10Cl2N2O3. The minimum atomic E-state index is -0.709. The second-order valence-electron chi connectivity index (χ2n) is 4.11. The van der Waals surface area contributed by atoms with E-state index in [1.807, 2.05) is 0 Å². The van der Waals surface area contributed by atoms with Crippen LogP contribution in [0.25, 0.3) is 0 Å². The van der Waals surface area contributed by atoms with Crippen molar-refractivity contribution in [1.29, 1.82) is 0 Å². The third-order valence-corrected chi connectivity index (χ3v) is 3.47. The van der Waals surface area contributed by atoms with E-state index in [0.717, 1.165) is 0 Å². The summed E-state index contributed by atoms with van der Waals surface area (Å²) in [5.41, 5.74) is 0.305. The topological polar surface area (TPSA) is 75.3 Å². The number of benzene rings is 1. The summed E-state index contributed by atoms with van der Waals surface area (Å²) in [6, 6.07) is 3.73. The molecule has 1 saturated heterocycles. The van der Waals surface area contributed by atoms with Crippen molar-refractivity contribution in [2.75, 3.05) is 0 Å². The molecule has 1 aliphatic rings. The van der Waals surface area contributed by atoms with Gasteiger partial charge in [0.15, 0.2) is 0 Å². The Labute approximate surface area is 119 Å². The van der Waals surface area contributed by atoms with Gasteiger partial charge in [-0.2, -0.15) is 0 Å². The van der Waals surface area contributed by atoms with Crippen LogP contribution in [0.5, 0.6) is 0 Å². The fraction of sp³-hybridized carbons (Fsp3) is 0.250. The first-order valence-electron chi connectivity index (χ1n) is 5.57. The molecule has 2 N–H and O–H groups in total. The van der Waals surface area contributed by atoms with E-state index in [4.69, 9.17) is 23.2 Å². The van der Waals surface area contributed by atoms with Gasteiger partial charge in [0.25, 0.3) is 5.91 Å². The minimum Gasteiger partial charge on any atom is -0.340 e. The normalized spacial score (nSPS) is 18.9. The number of nitrogens with one attached hydrogen (secondary N) is 2. The molecule has 5 nitrogen and oxygen atoms in total. The molecule has 7 heteroatoms. The van der Waals surface area contributed by atoms with Gasteiger partial charge in [-0.1, -0.05) is 23.2 Å². The van der Waals surface area contributed by atoms with Crippen molar-refractivity contribution in [2.45, 2.75) is 18.9 Å². The summed E-state index contributed by atoms with van der Waals surface area (Å²) in [7, 11) is 0. The van der Waals surface area contributed by atoms with E-state index in [-0.39, 0.29) is 23.8 Å². The van der Waals surface area contributed by atoms with Gasteiger partial charge in [0.1, 0.15) is 6.04 Å². The molecule has 0 radical (unpaired) electrons. The van der Waals surface area contributed by atoms with Gasteiger partial charge in [-0.15, -0.1) is 0 Å². The molecule has 0 aliphatic carbocycles. The van der Waals surface area contributed by atoms with Crippen LogP contribution in [0.3, 0.4) is 0 Å². The second-order valence-corrected chi connectivity index (χ2v) is 4.92. The molecule has 1 aromatic carbocycles. The first kappa shape index (κ1) is 13.8. The van der Waals surface area contributed by atoms with Gasteiger partial charge >= 0.3 is 0 Å². The SMILES string of the molecule is O=C1CCC(NC(=O)c2ccc(Cl)c(Cl)c2)C(=O)N1. The number of amides is 3. The van der Waals surface area contributed by atoms with Crippen LogP contribution in [-0.2, 0) is 9.59 Å². The van der Waals surface area contributed by atoms with Crippen LogP contribution in [0.1, 0.15) is 23.2 Å². The Balaban J connectivity index is 2.06. The van der Waals surface area contributed by atoms with Crippen molar-refractivity contribution in [2.24, 2.45) is 0 Å². The average Bonchev–Trinajstić information content (AvgIpc) is 2.36. The second kappa shape index (κ2) is 5.59. The van der Waals surface area contributed by atoms with E-state index in [9.17, 15) is 14.4 Å². The Hall–Kier alpha value is -1.59. The Bertz CT molecular complexity index is 560. The molecule has 1 atom stereocenters. The van der Waals surface area contributed by atoms with E-state index in [1.165, 1.54) is 18.2 Å². The number of carbonyl (C=O) groups excluding carboxylic acids is 3. The minimum absolute atomic E-state index is 0.206. The maximum absolute atomic E-state index is 11.9. The molecule has 100 valence electrons. The lowest BCUT2D eigenvalue weighted by Crippen LogP contribution is -2.52. The number of hydrogen-bond donors (Lipinski definition) is 2.